The SMILES string of the molecule is N#Cc1ccc(Nc2ccc(F)cc2F)c(F)c1Br. The molecule has 2 nitrogen and oxygen atoms in total. The number of anilines is 2. The van der Waals surface area contributed by atoms with Gasteiger partial charge in [-0.25, -0.2) is 13.2 Å². The topological polar surface area (TPSA) is 35.8 Å². The second-order valence-corrected chi connectivity index (χ2v) is 4.44. The summed E-state index contributed by atoms with van der Waals surface area (Å²) in [5.74, 6) is -2.27. The van der Waals surface area contributed by atoms with Gasteiger partial charge in [-0.05, 0) is 40.2 Å². The van der Waals surface area contributed by atoms with E-state index in [1.807, 2.05) is 6.07 Å². The van der Waals surface area contributed by atoms with Crippen molar-refractivity contribution in [1.29, 1.82) is 5.26 Å². The number of nitrogens with one attached hydrogen (secondary N) is 1. The number of hydrogen-bond acceptors (Lipinski definition) is 2. The van der Waals surface area contributed by atoms with Crippen LogP contribution in [0.4, 0.5) is 24.5 Å². The van der Waals surface area contributed by atoms with Crippen molar-refractivity contribution in [3.05, 3.63) is 57.8 Å². The lowest BCUT2D eigenvalue weighted by atomic mass is 10.2. The van der Waals surface area contributed by atoms with Gasteiger partial charge < -0.3 is 5.32 Å². The third kappa shape index (κ3) is 2.71. The van der Waals surface area contributed by atoms with Crippen molar-refractivity contribution < 1.29 is 13.2 Å². The van der Waals surface area contributed by atoms with Gasteiger partial charge in [0.25, 0.3) is 0 Å². The number of nitriles is 1. The van der Waals surface area contributed by atoms with Crippen molar-refractivity contribution in [2.45, 2.75) is 0 Å². The van der Waals surface area contributed by atoms with Crippen LogP contribution in [0, 0.1) is 28.8 Å². The fourth-order valence-electron chi connectivity index (χ4n) is 1.47. The zero-order chi connectivity index (χ0) is 14.0. The third-order valence-electron chi connectivity index (χ3n) is 2.40. The Balaban J connectivity index is 2.39. The van der Waals surface area contributed by atoms with Gasteiger partial charge in [0.1, 0.15) is 17.7 Å². The lowest BCUT2D eigenvalue weighted by molar-refractivity contribution is 0.585. The zero-order valence-electron chi connectivity index (χ0n) is 9.35. The van der Waals surface area contributed by atoms with E-state index in [0.29, 0.717) is 6.07 Å². The second-order valence-electron chi connectivity index (χ2n) is 3.65. The van der Waals surface area contributed by atoms with E-state index in [0.717, 1.165) is 12.1 Å². The molecule has 0 fully saturated rings. The molecule has 0 radical (unpaired) electrons. The van der Waals surface area contributed by atoms with Gasteiger partial charge in [-0.1, -0.05) is 0 Å². The lowest BCUT2D eigenvalue weighted by Gasteiger charge is -2.10. The molecule has 0 atom stereocenters. The Hall–Kier alpha value is -2.00. The highest BCUT2D eigenvalue weighted by Crippen LogP contribution is 2.29. The average molecular weight is 327 g/mol. The molecule has 0 saturated carbocycles. The monoisotopic (exact) mass is 326 g/mol. The van der Waals surface area contributed by atoms with Crippen LogP contribution in [0.3, 0.4) is 0 Å². The quantitative estimate of drug-likeness (QED) is 0.883. The molecule has 19 heavy (non-hydrogen) atoms. The Labute approximate surface area is 115 Å². The number of nitrogens with zero attached hydrogens (tertiary/aromatic N) is 1. The second kappa shape index (κ2) is 5.33. The average Bonchev–Trinajstić information content (AvgIpc) is 2.38. The molecule has 0 saturated heterocycles. The molecule has 1 N–H and O–H groups in total. The van der Waals surface area contributed by atoms with Crippen LogP contribution in [0.5, 0.6) is 0 Å². The van der Waals surface area contributed by atoms with Crippen LogP contribution in [-0.2, 0) is 0 Å². The molecule has 0 aliphatic carbocycles. The number of hydrogen-bond donors (Lipinski definition) is 1. The van der Waals surface area contributed by atoms with E-state index < -0.39 is 17.5 Å². The van der Waals surface area contributed by atoms with Crippen molar-refractivity contribution in [3.8, 4) is 6.07 Å². The Bertz CT molecular complexity index is 680. The first kappa shape index (κ1) is 13.4. The van der Waals surface area contributed by atoms with Gasteiger partial charge in [-0.3, -0.25) is 0 Å². The molecule has 0 heterocycles. The highest BCUT2D eigenvalue weighted by atomic mass is 79.9. The lowest BCUT2D eigenvalue weighted by Crippen LogP contribution is -1.98. The summed E-state index contributed by atoms with van der Waals surface area (Å²) < 4.78 is 40.0. The van der Waals surface area contributed by atoms with Crippen molar-refractivity contribution >= 4 is 27.3 Å². The summed E-state index contributed by atoms with van der Waals surface area (Å²) in [4.78, 5) is 0. The van der Waals surface area contributed by atoms with Gasteiger partial charge in [0.2, 0.25) is 0 Å². The van der Waals surface area contributed by atoms with Crippen molar-refractivity contribution in [2.24, 2.45) is 0 Å². The molecular weight excluding hydrogens is 321 g/mol. The Morgan fingerprint density at radius 1 is 1.05 bits per heavy atom. The van der Waals surface area contributed by atoms with Crippen LogP contribution in [-0.4, -0.2) is 0 Å². The summed E-state index contributed by atoms with van der Waals surface area (Å²) >= 11 is 2.94. The van der Waals surface area contributed by atoms with Gasteiger partial charge in [0.15, 0.2) is 5.82 Å². The number of halogens is 4. The molecule has 2 rings (SSSR count). The standard InChI is InChI=1S/C13H6BrF3N2/c14-12-7(6-18)1-3-11(13(12)17)19-10-4-2-8(15)5-9(10)16/h1-5,19H. The summed E-state index contributed by atoms with van der Waals surface area (Å²) in [6.07, 6.45) is 0. The van der Waals surface area contributed by atoms with Gasteiger partial charge in [0, 0.05) is 6.07 Å². The van der Waals surface area contributed by atoms with Crippen LogP contribution >= 0.6 is 15.9 Å². The van der Waals surface area contributed by atoms with Crippen molar-refractivity contribution in [1.82, 2.24) is 0 Å². The predicted molar refractivity (Wildman–Crippen MR) is 68.5 cm³/mol. The minimum Gasteiger partial charge on any atom is -0.351 e. The van der Waals surface area contributed by atoms with E-state index in [2.05, 4.69) is 21.2 Å². The van der Waals surface area contributed by atoms with Crippen LogP contribution in [0.1, 0.15) is 5.56 Å². The van der Waals surface area contributed by atoms with Gasteiger partial charge in [-0.15, -0.1) is 0 Å². The fraction of sp³-hybridized carbons (Fsp3) is 0. The van der Waals surface area contributed by atoms with E-state index in [1.54, 1.807) is 0 Å². The maximum absolute atomic E-state index is 13.9. The highest BCUT2D eigenvalue weighted by molar-refractivity contribution is 9.10. The minimum absolute atomic E-state index is 0.0116. The normalized spacial score (nSPS) is 10.1. The van der Waals surface area contributed by atoms with E-state index >= 15 is 0 Å². The highest BCUT2D eigenvalue weighted by Gasteiger charge is 2.12. The third-order valence-corrected chi connectivity index (χ3v) is 3.18. The van der Waals surface area contributed by atoms with Gasteiger partial charge in [-0.2, -0.15) is 5.26 Å². The van der Waals surface area contributed by atoms with Crippen LogP contribution in [0.15, 0.2) is 34.8 Å². The molecule has 0 spiro atoms. The van der Waals surface area contributed by atoms with E-state index in [4.69, 9.17) is 5.26 Å². The largest absolute Gasteiger partial charge is 0.351 e. The minimum atomic E-state index is -0.833. The molecule has 2 aromatic carbocycles. The summed E-state index contributed by atoms with van der Waals surface area (Å²) in [5.41, 5.74) is 0.0518. The molecule has 6 heteroatoms. The van der Waals surface area contributed by atoms with E-state index in [9.17, 15) is 13.2 Å². The summed E-state index contributed by atoms with van der Waals surface area (Å²) in [7, 11) is 0. The van der Waals surface area contributed by atoms with E-state index in [-0.39, 0.29) is 21.4 Å². The van der Waals surface area contributed by atoms with Crippen LogP contribution in [0.25, 0.3) is 0 Å². The first-order valence-corrected chi connectivity index (χ1v) is 5.92. The van der Waals surface area contributed by atoms with Crippen LogP contribution < -0.4 is 5.32 Å². The molecule has 0 aromatic heterocycles. The Morgan fingerprint density at radius 2 is 1.74 bits per heavy atom. The summed E-state index contributed by atoms with van der Waals surface area (Å²) in [6.45, 7) is 0. The molecule has 0 unspecified atom stereocenters. The first-order chi connectivity index (χ1) is 9.02. The van der Waals surface area contributed by atoms with Crippen molar-refractivity contribution in [3.63, 3.8) is 0 Å². The predicted octanol–water partition coefficient (Wildman–Crippen LogP) is 4.48. The maximum Gasteiger partial charge on any atom is 0.162 e. The zero-order valence-corrected chi connectivity index (χ0v) is 10.9. The molecular formula is C13H6BrF3N2. The van der Waals surface area contributed by atoms with Crippen molar-refractivity contribution in [2.75, 3.05) is 5.32 Å². The summed E-state index contributed by atoms with van der Waals surface area (Å²) in [5, 5.41) is 11.2. The fourth-order valence-corrected chi connectivity index (χ4v) is 1.90. The smallest absolute Gasteiger partial charge is 0.162 e. The summed E-state index contributed by atoms with van der Waals surface area (Å²) in [6, 6.07) is 7.41. The number of benzene rings is 2. The Morgan fingerprint density at radius 3 is 2.37 bits per heavy atom. The molecule has 0 aliphatic heterocycles. The molecule has 96 valence electrons. The molecule has 0 bridgehead atoms. The van der Waals surface area contributed by atoms with Crippen LogP contribution in [0.2, 0.25) is 0 Å². The van der Waals surface area contributed by atoms with Gasteiger partial charge >= 0.3 is 0 Å². The number of rotatable bonds is 2. The maximum atomic E-state index is 13.9. The Kier molecular flexibility index (Phi) is 3.76. The molecule has 0 amide bonds. The molecule has 0 aliphatic rings. The molecule has 2 aromatic rings. The first-order valence-electron chi connectivity index (χ1n) is 5.13. The van der Waals surface area contributed by atoms with E-state index in [1.165, 1.54) is 12.1 Å². The van der Waals surface area contributed by atoms with Gasteiger partial charge in [0.05, 0.1) is 21.4 Å².